The van der Waals surface area contributed by atoms with Crippen molar-refractivity contribution in [2.24, 2.45) is 0 Å². The van der Waals surface area contributed by atoms with Gasteiger partial charge in [-0.25, -0.2) is 0 Å². The standard InChI is InChI=1S/C13H15NO4.C9H12/c1-8-7-14(13(8)15)9-5-10(16-2)12(18-4)11(6-9)17-3;1-8(2)9-6-4-3-5-7-9/h5-6H,1,7H2,2-4H3;3-8H,1-2H3. The molecule has 5 nitrogen and oxygen atoms in total. The van der Waals surface area contributed by atoms with Crippen LogP contribution < -0.4 is 19.1 Å². The maximum Gasteiger partial charge on any atom is 0.255 e. The number of nitrogens with zero attached hydrogens (tertiary/aromatic N) is 1. The van der Waals surface area contributed by atoms with Crippen LogP contribution in [0.1, 0.15) is 25.3 Å². The molecule has 2 aromatic carbocycles. The van der Waals surface area contributed by atoms with E-state index < -0.39 is 0 Å². The van der Waals surface area contributed by atoms with Gasteiger partial charge in [-0.3, -0.25) is 4.79 Å². The highest BCUT2D eigenvalue weighted by molar-refractivity contribution is 6.13. The number of benzene rings is 2. The molecule has 0 bridgehead atoms. The predicted octanol–water partition coefficient (Wildman–Crippen LogP) is 4.43. The first-order valence-corrected chi connectivity index (χ1v) is 8.77. The summed E-state index contributed by atoms with van der Waals surface area (Å²) >= 11 is 0. The highest BCUT2D eigenvalue weighted by atomic mass is 16.5. The summed E-state index contributed by atoms with van der Waals surface area (Å²) in [7, 11) is 4.62. The molecule has 27 heavy (non-hydrogen) atoms. The van der Waals surface area contributed by atoms with Crippen molar-refractivity contribution < 1.29 is 19.0 Å². The Balaban J connectivity index is 0.000000244. The van der Waals surface area contributed by atoms with Gasteiger partial charge in [-0.05, 0) is 11.5 Å². The molecule has 1 saturated heterocycles. The lowest BCUT2D eigenvalue weighted by Gasteiger charge is -2.33. The highest BCUT2D eigenvalue weighted by Gasteiger charge is 2.31. The Morgan fingerprint density at radius 1 is 0.963 bits per heavy atom. The van der Waals surface area contributed by atoms with Crippen LogP contribution in [0.3, 0.4) is 0 Å². The van der Waals surface area contributed by atoms with Crippen LogP contribution in [-0.4, -0.2) is 33.8 Å². The van der Waals surface area contributed by atoms with Crippen LogP contribution in [0.4, 0.5) is 5.69 Å². The van der Waals surface area contributed by atoms with E-state index in [0.29, 0.717) is 41.0 Å². The quantitative estimate of drug-likeness (QED) is 0.578. The molecular weight excluding hydrogens is 342 g/mol. The number of hydrogen-bond acceptors (Lipinski definition) is 4. The maximum absolute atomic E-state index is 11.6. The fraction of sp³-hybridized carbons (Fsp3) is 0.318. The minimum absolute atomic E-state index is 0.0794. The molecule has 2 aromatic rings. The molecule has 144 valence electrons. The normalized spacial score (nSPS) is 12.9. The molecule has 0 unspecified atom stereocenters. The second-order valence-electron chi connectivity index (χ2n) is 6.44. The van der Waals surface area contributed by atoms with Gasteiger partial charge in [-0.2, -0.15) is 0 Å². The number of ether oxygens (including phenoxy) is 3. The van der Waals surface area contributed by atoms with Crippen molar-refractivity contribution in [3.63, 3.8) is 0 Å². The number of carbonyl (C=O) groups excluding carboxylic acids is 1. The fourth-order valence-corrected chi connectivity index (χ4v) is 2.70. The molecule has 1 heterocycles. The summed E-state index contributed by atoms with van der Waals surface area (Å²) in [6, 6.07) is 14.0. The van der Waals surface area contributed by atoms with Crippen LogP contribution in [0.15, 0.2) is 54.6 Å². The summed E-state index contributed by atoms with van der Waals surface area (Å²) in [6.45, 7) is 8.59. The van der Waals surface area contributed by atoms with Gasteiger partial charge in [0.05, 0.1) is 33.6 Å². The molecule has 0 saturated carbocycles. The number of rotatable bonds is 5. The summed E-state index contributed by atoms with van der Waals surface area (Å²) in [5.74, 6) is 2.14. The topological polar surface area (TPSA) is 48.0 Å². The van der Waals surface area contributed by atoms with Crippen molar-refractivity contribution in [2.45, 2.75) is 19.8 Å². The molecule has 0 aliphatic carbocycles. The average Bonchev–Trinajstić information content (AvgIpc) is 2.71. The van der Waals surface area contributed by atoms with Crippen LogP contribution in [0.2, 0.25) is 0 Å². The van der Waals surface area contributed by atoms with Gasteiger partial charge in [0.25, 0.3) is 5.91 Å². The largest absolute Gasteiger partial charge is 0.493 e. The molecule has 0 spiro atoms. The lowest BCUT2D eigenvalue weighted by molar-refractivity contribution is -0.117. The van der Waals surface area contributed by atoms with E-state index in [0.717, 1.165) is 0 Å². The summed E-state index contributed by atoms with van der Waals surface area (Å²) < 4.78 is 15.7. The van der Waals surface area contributed by atoms with Gasteiger partial charge in [0.2, 0.25) is 5.75 Å². The third-order valence-corrected chi connectivity index (χ3v) is 4.32. The second kappa shape index (κ2) is 9.12. The SMILES string of the molecule is C=C1CN(c2cc(OC)c(OC)c(OC)c2)C1=O.CC(C)c1ccccc1. The number of carbonyl (C=O) groups is 1. The van der Waals surface area contributed by atoms with Crippen molar-refractivity contribution in [1.82, 2.24) is 0 Å². The van der Waals surface area contributed by atoms with Crippen LogP contribution in [0.25, 0.3) is 0 Å². The van der Waals surface area contributed by atoms with E-state index in [9.17, 15) is 4.79 Å². The van der Waals surface area contributed by atoms with E-state index in [1.165, 1.54) is 26.9 Å². The average molecular weight is 369 g/mol. The lowest BCUT2D eigenvalue weighted by Crippen LogP contribution is -2.45. The Bertz CT molecular complexity index is 774. The van der Waals surface area contributed by atoms with Gasteiger partial charge in [-0.15, -0.1) is 0 Å². The lowest BCUT2D eigenvalue weighted by atomic mass is 10.0. The first-order valence-electron chi connectivity index (χ1n) is 8.77. The maximum atomic E-state index is 11.6. The number of hydrogen-bond donors (Lipinski definition) is 0. The fourth-order valence-electron chi connectivity index (χ4n) is 2.70. The van der Waals surface area contributed by atoms with E-state index in [4.69, 9.17) is 14.2 Å². The predicted molar refractivity (Wildman–Crippen MR) is 108 cm³/mol. The van der Waals surface area contributed by atoms with Crippen LogP contribution >= 0.6 is 0 Å². The molecule has 0 aromatic heterocycles. The van der Waals surface area contributed by atoms with Crippen LogP contribution in [0, 0.1) is 0 Å². The zero-order valence-electron chi connectivity index (χ0n) is 16.6. The van der Waals surface area contributed by atoms with Crippen molar-refractivity contribution in [3.05, 3.63) is 60.2 Å². The van der Waals surface area contributed by atoms with Gasteiger partial charge in [0, 0.05) is 17.7 Å². The van der Waals surface area contributed by atoms with Crippen molar-refractivity contribution in [2.75, 3.05) is 32.8 Å². The Morgan fingerprint density at radius 3 is 1.85 bits per heavy atom. The molecule has 5 heteroatoms. The van der Waals surface area contributed by atoms with E-state index in [-0.39, 0.29) is 5.91 Å². The molecule has 1 amide bonds. The molecule has 1 aliphatic rings. The van der Waals surface area contributed by atoms with Crippen molar-refractivity contribution in [3.8, 4) is 17.2 Å². The monoisotopic (exact) mass is 369 g/mol. The van der Waals surface area contributed by atoms with Gasteiger partial charge < -0.3 is 19.1 Å². The zero-order chi connectivity index (χ0) is 20.0. The number of β-lactam (4-membered cyclic amide) rings is 1. The van der Waals surface area contributed by atoms with Gasteiger partial charge in [0.1, 0.15) is 0 Å². The third kappa shape index (κ3) is 4.61. The first-order chi connectivity index (χ1) is 12.9. The van der Waals surface area contributed by atoms with E-state index >= 15 is 0 Å². The van der Waals surface area contributed by atoms with Crippen molar-refractivity contribution in [1.29, 1.82) is 0 Å². The summed E-state index contributed by atoms with van der Waals surface area (Å²) in [4.78, 5) is 13.2. The number of amides is 1. The van der Waals surface area contributed by atoms with Crippen molar-refractivity contribution >= 4 is 11.6 Å². The summed E-state index contributed by atoms with van der Waals surface area (Å²) in [6.07, 6.45) is 0. The first kappa shape index (κ1) is 20.4. The smallest absolute Gasteiger partial charge is 0.255 e. The summed E-state index contributed by atoms with van der Waals surface area (Å²) in [5, 5.41) is 0. The minimum atomic E-state index is -0.0794. The van der Waals surface area contributed by atoms with Gasteiger partial charge >= 0.3 is 0 Å². The Morgan fingerprint density at radius 2 is 1.52 bits per heavy atom. The molecule has 3 rings (SSSR count). The van der Waals surface area contributed by atoms with E-state index in [2.05, 4.69) is 44.7 Å². The minimum Gasteiger partial charge on any atom is -0.493 e. The molecule has 1 fully saturated rings. The summed E-state index contributed by atoms with van der Waals surface area (Å²) in [5.41, 5.74) is 2.73. The van der Waals surface area contributed by atoms with Gasteiger partial charge in [0.15, 0.2) is 11.5 Å². The Hall–Kier alpha value is -2.95. The van der Waals surface area contributed by atoms with E-state index in [1.807, 2.05) is 6.07 Å². The highest BCUT2D eigenvalue weighted by Crippen LogP contribution is 2.42. The molecular formula is C22H27NO4. The Kier molecular flexibility index (Phi) is 6.88. The van der Waals surface area contributed by atoms with Gasteiger partial charge in [-0.1, -0.05) is 50.8 Å². The Labute approximate surface area is 161 Å². The number of anilines is 1. The molecule has 0 radical (unpaired) electrons. The second-order valence-corrected chi connectivity index (χ2v) is 6.44. The van der Waals surface area contributed by atoms with E-state index in [1.54, 1.807) is 17.0 Å². The number of methoxy groups -OCH3 is 3. The molecule has 1 aliphatic heterocycles. The molecule has 0 N–H and O–H groups in total. The molecule has 0 atom stereocenters. The van der Waals surface area contributed by atoms with Crippen LogP contribution in [0.5, 0.6) is 17.2 Å². The zero-order valence-corrected chi connectivity index (χ0v) is 16.6. The third-order valence-electron chi connectivity index (χ3n) is 4.32. The van der Waals surface area contributed by atoms with Crippen LogP contribution in [-0.2, 0) is 4.79 Å².